The van der Waals surface area contributed by atoms with E-state index in [1.807, 2.05) is 0 Å². The van der Waals surface area contributed by atoms with Crippen LogP contribution in [0.2, 0.25) is 0 Å². The van der Waals surface area contributed by atoms with Gasteiger partial charge in [0.15, 0.2) is 6.29 Å². The second-order valence-electron chi connectivity index (χ2n) is 8.16. The first-order valence-corrected chi connectivity index (χ1v) is 11.4. The summed E-state index contributed by atoms with van der Waals surface area (Å²) in [4.78, 5) is 0. The molecular formula is C21H39N3O6. The number of hydrogen-bond acceptors (Lipinski definition) is 8. The predicted octanol–water partition coefficient (Wildman–Crippen LogP) is 1.52. The van der Waals surface area contributed by atoms with Gasteiger partial charge in [-0.1, -0.05) is 69.9 Å². The molecule has 1 aromatic rings. The van der Waals surface area contributed by atoms with E-state index in [2.05, 4.69) is 17.2 Å². The maximum absolute atomic E-state index is 9.98. The van der Waals surface area contributed by atoms with Gasteiger partial charge in [0.25, 0.3) is 0 Å². The SMILES string of the molecule is CCCCCCCCCCCCn1cc(CO[C@@H]2O[C@H](CO)[C@@H](O)[C@H](O)[C@H]2O)nn1. The second kappa shape index (κ2) is 14.1. The van der Waals surface area contributed by atoms with Crippen molar-refractivity contribution in [3.05, 3.63) is 11.9 Å². The Morgan fingerprint density at radius 3 is 2.20 bits per heavy atom. The van der Waals surface area contributed by atoms with Gasteiger partial charge in [-0.3, -0.25) is 4.68 Å². The highest BCUT2D eigenvalue weighted by atomic mass is 16.7. The molecule has 9 heteroatoms. The van der Waals surface area contributed by atoms with E-state index < -0.39 is 37.3 Å². The van der Waals surface area contributed by atoms with Gasteiger partial charge in [-0.25, -0.2) is 0 Å². The Morgan fingerprint density at radius 2 is 1.57 bits per heavy atom. The minimum absolute atomic E-state index is 0.0424. The van der Waals surface area contributed by atoms with E-state index in [1.54, 1.807) is 10.9 Å². The van der Waals surface area contributed by atoms with Crippen LogP contribution in [0.3, 0.4) is 0 Å². The van der Waals surface area contributed by atoms with Crippen LogP contribution in [0.15, 0.2) is 6.20 Å². The number of nitrogens with zero attached hydrogens (tertiary/aromatic N) is 3. The average molecular weight is 430 g/mol. The summed E-state index contributed by atoms with van der Waals surface area (Å²) >= 11 is 0. The lowest BCUT2D eigenvalue weighted by molar-refractivity contribution is -0.304. The number of rotatable bonds is 15. The standard InChI is InChI=1S/C21H39N3O6/c1-2-3-4-5-6-7-8-9-10-11-12-24-13-16(22-23-24)15-29-21-20(28)19(27)18(26)17(14-25)30-21/h13,17-21,25-28H,2-12,14-15H2,1H3/t17-,18-,19+,20-,21-/m1/s1. The molecule has 0 aliphatic carbocycles. The fourth-order valence-electron chi connectivity index (χ4n) is 3.65. The zero-order valence-electron chi connectivity index (χ0n) is 18.1. The summed E-state index contributed by atoms with van der Waals surface area (Å²) in [6.45, 7) is 2.59. The molecule has 9 nitrogen and oxygen atoms in total. The normalized spacial score (nSPS) is 26.9. The van der Waals surface area contributed by atoms with Gasteiger partial charge in [0.05, 0.1) is 19.4 Å². The molecule has 5 atom stereocenters. The van der Waals surface area contributed by atoms with E-state index in [1.165, 1.54) is 57.8 Å². The molecule has 1 aliphatic rings. The molecule has 0 amide bonds. The van der Waals surface area contributed by atoms with Crippen molar-refractivity contribution in [3.8, 4) is 0 Å². The van der Waals surface area contributed by atoms with Crippen LogP contribution in [0, 0.1) is 0 Å². The third-order valence-electron chi connectivity index (χ3n) is 5.57. The van der Waals surface area contributed by atoms with Crippen LogP contribution in [0.4, 0.5) is 0 Å². The Morgan fingerprint density at radius 1 is 0.933 bits per heavy atom. The smallest absolute Gasteiger partial charge is 0.187 e. The highest BCUT2D eigenvalue weighted by Gasteiger charge is 2.44. The minimum Gasteiger partial charge on any atom is -0.394 e. The van der Waals surface area contributed by atoms with E-state index >= 15 is 0 Å². The van der Waals surface area contributed by atoms with E-state index in [9.17, 15) is 20.4 Å². The number of hydrogen-bond donors (Lipinski definition) is 4. The zero-order valence-corrected chi connectivity index (χ0v) is 18.1. The molecule has 0 saturated carbocycles. The number of aromatic nitrogens is 3. The Labute approximate surface area is 179 Å². The lowest BCUT2D eigenvalue weighted by Crippen LogP contribution is -2.59. The van der Waals surface area contributed by atoms with Crippen molar-refractivity contribution >= 4 is 0 Å². The Balaban J connectivity index is 1.59. The van der Waals surface area contributed by atoms with E-state index in [4.69, 9.17) is 9.47 Å². The van der Waals surface area contributed by atoms with Crippen molar-refractivity contribution < 1.29 is 29.9 Å². The van der Waals surface area contributed by atoms with Gasteiger partial charge in [0.2, 0.25) is 0 Å². The number of ether oxygens (including phenoxy) is 2. The highest BCUT2D eigenvalue weighted by Crippen LogP contribution is 2.22. The van der Waals surface area contributed by atoms with Crippen LogP contribution in [-0.4, -0.2) is 72.7 Å². The summed E-state index contributed by atoms with van der Waals surface area (Å²) in [7, 11) is 0. The molecule has 1 aromatic heterocycles. The average Bonchev–Trinajstić information content (AvgIpc) is 3.20. The first kappa shape index (κ1) is 25.2. The molecule has 0 spiro atoms. The first-order chi connectivity index (χ1) is 14.6. The molecule has 2 rings (SSSR count). The van der Waals surface area contributed by atoms with Gasteiger partial charge in [0, 0.05) is 6.54 Å². The summed E-state index contributed by atoms with van der Waals surface area (Å²) in [5.41, 5.74) is 0.582. The van der Waals surface area contributed by atoms with Gasteiger partial charge >= 0.3 is 0 Å². The van der Waals surface area contributed by atoms with Gasteiger partial charge in [-0.2, -0.15) is 0 Å². The van der Waals surface area contributed by atoms with Crippen molar-refractivity contribution in [1.82, 2.24) is 15.0 Å². The van der Waals surface area contributed by atoms with Crippen LogP contribution in [0.25, 0.3) is 0 Å². The van der Waals surface area contributed by atoms with Crippen LogP contribution in [0.1, 0.15) is 76.8 Å². The maximum atomic E-state index is 9.98. The molecule has 0 radical (unpaired) electrons. The molecule has 30 heavy (non-hydrogen) atoms. The lowest BCUT2D eigenvalue weighted by atomic mass is 9.99. The third kappa shape index (κ3) is 8.20. The molecule has 1 aliphatic heterocycles. The Kier molecular flexibility index (Phi) is 11.8. The van der Waals surface area contributed by atoms with Gasteiger partial charge in [0.1, 0.15) is 30.1 Å². The van der Waals surface area contributed by atoms with Crippen molar-refractivity contribution in [2.75, 3.05) is 6.61 Å². The Hall–Kier alpha value is -1.10. The summed E-state index contributed by atoms with van der Waals surface area (Å²) in [5, 5.41) is 46.9. The number of unbranched alkanes of at least 4 members (excludes halogenated alkanes) is 9. The minimum atomic E-state index is -1.45. The molecule has 0 aromatic carbocycles. The number of aryl methyl sites for hydroxylation is 1. The second-order valence-corrected chi connectivity index (χ2v) is 8.16. The quantitative estimate of drug-likeness (QED) is 0.309. The van der Waals surface area contributed by atoms with E-state index in [0.29, 0.717) is 5.69 Å². The molecule has 0 unspecified atom stereocenters. The summed E-state index contributed by atoms with van der Waals surface area (Å²) in [5.74, 6) is 0. The van der Waals surface area contributed by atoms with Crippen LogP contribution >= 0.6 is 0 Å². The topological polar surface area (TPSA) is 130 Å². The molecule has 174 valence electrons. The van der Waals surface area contributed by atoms with E-state index in [0.717, 1.165) is 13.0 Å². The fraction of sp³-hybridized carbons (Fsp3) is 0.905. The fourth-order valence-corrected chi connectivity index (χ4v) is 3.65. The molecule has 1 fully saturated rings. The monoisotopic (exact) mass is 429 g/mol. The van der Waals surface area contributed by atoms with Crippen LogP contribution in [0.5, 0.6) is 0 Å². The largest absolute Gasteiger partial charge is 0.394 e. The van der Waals surface area contributed by atoms with Gasteiger partial charge < -0.3 is 29.9 Å². The zero-order chi connectivity index (χ0) is 21.8. The molecule has 1 saturated heterocycles. The van der Waals surface area contributed by atoms with E-state index in [-0.39, 0.29) is 6.61 Å². The summed E-state index contributed by atoms with van der Waals surface area (Å²) < 4.78 is 12.6. The third-order valence-corrected chi connectivity index (χ3v) is 5.57. The van der Waals surface area contributed by atoms with Crippen molar-refractivity contribution in [3.63, 3.8) is 0 Å². The number of aliphatic hydroxyl groups is 4. The van der Waals surface area contributed by atoms with Crippen LogP contribution in [-0.2, 0) is 22.6 Å². The Bertz CT molecular complexity index is 571. The van der Waals surface area contributed by atoms with Crippen molar-refractivity contribution in [1.29, 1.82) is 0 Å². The summed E-state index contributed by atoms with van der Waals surface area (Å²) in [6.07, 6.45) is 8.20. The van der Waals surface area contributed by atoms with Crippen molar-refractivity contribution in [2.24, 2.45) is 0 Å². The highest BCUT2D eigenvalue weighted by molar-refractivity contribution is 4.92. The molecule has 0 bridgehead atoms. The van der Waals surface area contributed by atoms with Gasteiger partial charge in [-0.15, -0.1) is 5.10 Å². The lowest BCUT2D eigenvalue weighted by Gasteiger charge is -2.39. The van der Waals surface area contributed by atoms with Gasteiger partial charge in [-0.05, 0) is 6.42 Å². The first-order valence-electron chi connectivity index (χ1n) is 11.4. The number of aliphatic hydroxyl groups excluding tert-OH is 4. The van der Waals surface area contributed by atoms with Crippen molar-refractivity contribution in [2.45, 2.75) is 115 Å². The molecule has 2 heterocycles. The molecular weight excluding hydrogens is 390 g/mol. The van der Waals surface area contributed by atoms with Crippen LogP contribution < -0.4 is 0 Å². The maximum Gasteiger partial charge on any atom is 0.187 e. The summed E-state index contributed by atoms with van der Waals surface area (Å²) in [6, 6.07) is 0. The predicted molar refractivity (Wildman–Crippen MR) is 110 cm³/mol. The molecule has 4 N–H and O–H groups in total.